The van der Waals surface area contributed by atoms with E-state index in [0.717, 1.165) is 36.1 Å². The lowest BCUT2D eigenvalue weighted by Crippen LogP contribution is -2.55. The maximum Gasteiger partial charge on any atom is 0.341 e. The van der Waals surface area contributed by atoms with Crippen LogP contribution in [-0.4, -0.2) is 24.5 Å². The number of thiophene rings is 1. The summed E-state index contributed by atoms with van der Waals surface area (Å²) in [6.07, 6.45) is 7.71. The number of carbonyl (C=O) groups excluding carboxylic acids is 2. The van der Waals surface area contributed by atoms with Crippen LogP contribution in [0, 0.1) is 23.2 Å². The van der Waals surface area contributed by atoms with E-state index in [1.54, 1.807) is 11.3 Å². The lowest BCUT2D eigenvalue weighted by Gasteiger charge is -2.55. The first-order chi connectivity index (χ1) is 14.0. The molecule has 0 spiro atoms. The number of hydrogen-bond acceptors (Lipinski definition) is 5. The molecule has 6 heteroatoms. The van der Waals surface area contributed by atoms with Crippen LogP contribution in [-0.2, 0) is 21.5 Å². The fraction of sp³-hybridized carbons (Fsp3) is 0.750. The first-order valence-electron chi connectivity index (χ1n) is 11.4. The second kappa shape index (κ2) is 6.55. The van der Waals surface area contributed by atoms with Crippen molar-refractivity contribution in [1.82, 2.24) is 5.32 Å². The summed E-state index contributed by atoms with van der Waals surface area (Å²) in [7, 11) is 1.43. The number of anilines is 1. The molecule has 2 N–H and O–H groups in total. The smallest absolute Gasteiger partial charge is 0.341 e. The van der Waals surface area contributed by atoms with Crippen LogP contribution in [0.15, 0.2) is 0 Å². The molecule has 1 aromatic heterocycles. The predicted molar refractivity (Wildman–Crippen MR) is 119 cm³/mol. The van der Waals surface area contributed by atoms with Crippen LogP contribution in [0.2, 0.25) is 0 Å². The molecule has 0 radical (unpaired) electrons. The monoisotopic (exact) mass is 430 g/mol. The Kier molecular flexibility index (Phi) is 4.48. The molecule has 1 amide bonds. The van der Waals surface area contributed by atoms with Gasteiger partial charge in [0.2, 0.25) is 5.91 Å². The zero-order valence-electron chi connectivity index (χ0n) is 18.8. The summed E-state index contributed by atoms with van der Waals surface area (Å²) in [6.45, 7) is 8.61. The zero-order valence-corrected chi connectivity index (χ0v) is 19.6. The molecule has 0 saturated heterocycles. The Morgan fingerprint density at radius 3 is 2.13 bits per heavy atom. The molecule has 5 aliphatic rings. The van der Waals surface area contributed by atoms with E-state index in [1.807, 2.05) is 0 Å². The van der Waals surface area contributed by atoms with Gasteiger partial charge in [-0.1, -0.05) is 0 Å². The minimum absolute atomic E-state index is 0.135. The van der Waals surface area contributed by atoms with Gasteiger partial charge >= 0.3 is 5.97 Å². The van der Waals surface area contributed by atoms with E-state index in [1.165, 1.54) is 26.4 Å². The number of rotatable bonds is 3. The third-order valence-electron chi connectivity index (χ3n) is 7.98. The van der Waals surface area contributed by atoms with Crippen molar-refractivity contribution in [2.75, 3.05) is 12.4 Å². The number of methoxy groups -OCH3 is 1. The Bertz CT molecular complexity index is 879. The van der Waals surface area contributed by atoms with Gasteiger partial charge < -0.3 is 15.4 Å². The van der Waals surface area contributed by atoms with Crippen LogP contribution < -0.4 is 10.6 Å². The highest BCUT2D eigenvalue weighted by Gasteiger charge is 2.55. The standard InChI is InChI=1S/C24H34N2O3S/c1-22(2)12-16-17(20(27)29-5)19(30-18(16)23(3,4)26-22)25-21(28)24-9-13-6-14(10-24)8-15(7-13)11-24/h13-15,26H,6-12H2,1-5H3,(H,25,28). The van der Waals surface area contributed by atoms with Crippen LogP contribution in [0.1, 0.15) is 87.0 Å². The van der Waals surface area contributed by atoms with Gasteiger partial charge in [0.15, 0.2) is 0 Å². The molecule has 1 aromatic rings. The van der Waals surface area contributed by atoms with Crippen LogP contribution in [0.3, 0.4) is 0 Å². The molecule has 2 heterocycles. The summed E-state index contributed by atoms with van der Waals surface area (Å²) in [6, 6.07) is 0. The highest BCUT2D eigenvalue weighted by Crippen LogP contribution is 2.60. The fourth-order valence-electron chi connectivity index (χ4n) is 7.56. The highest BCUT2D eigenvalue weighted by atomic mass is 32.1. The first kappa shape index (κ1) is 20.5. The average molecular weight is 431 g/mol. The summed E-state index contributed by atoms with van der Waals surface area (Å²) >= 11 is 1.55. The quantitative estimate of drug-likeness (QED) is 0.673. The second-order valence-corrected chi connectivity index (χ2v) is 12.6. The summed E-state index contributed by atoms with van der Waals surface area (Å²) in [4.78, 5) is 27.6. The van der Waals surface area contributed by atoms with Gasteiger partial charge in [-0.15, -0.1) is 11.3 Å². The van der Waals surface area contributed by atoms with Crippen molar-refractivity contribution in [3.8, 4) is 0 Å². The minimum Gasteiger partial charge on any atom is -0.465 e. The number of nitrogens with one attached hydrogen (secondary N) is 2. The molecule has 5 nitrogen and oxygen atoms in total. The van der Waals surface area contributed by atoms with Gasteiger partial charge in [-0.3, -0.25) is 4.79 Å². The summed E-state index contributed by atoms with van der Waals surface area (Å²) in [5.41, 5.74) is 0.953. The number of carbonyl (C=O) groups is 2. The van der Waals surface area contributed by atoms with Crippen molar-refractivity contribution in [3.63, 3.8) is 0 Å². The molecule has 4 bridgehead atoms. The summed E-state index contributed by atoms with van der Waals surface area (Å²) in [5, 5.41) is 7.63. The number of amides is 1. The third kappa shape index (κ3) is 3.13. The molecule has 0 aromatic carbocycles. The van der Waals surface area contributed by atoms with Crippen LogP contribution in [0.4, 0.5) is 5.00 Å². The van der Waals surface area contributed by atoms with Gasteiger partial charge in [-0.05, 0) is 96.0 Å². The molecule has 1 aliphatic heterocycles. The maximum absolute atomic E-state index is 13.7. The molecule has 0 atom stereocenters. The van der Waals surface area contributed by atoms with E-state index < -0.39 is 0 Å². The predicted octanol–water partition coefficient (Wildman–Crippen LogP) is 4.85. The second-order valence-electron chi connectivity index (χ2n) is 11.6. The molecule has 4 fully saturated rings. The molecule has 6 rings (SSSR count). The molecule has 164 valence electrons. The lowest BCUT2D eigenvalue weighted by molar-refractivity contribution is -0.140. The van der Waals surface area contributed by atoms with Gasteiger partial charge in [0.1, 0.15) is 5.00 Å². The van der Waals surface area contributed by atoms with Crippen LogP contribution in [0.25, 0.3) is 0 Å². The minimum atomic E-state index is -0.346. The molecule has 30 heavy (non-hydrogen) atoms. The molecular formula is C24H34N2O3S. The van der Waals surface area contributed by atoms with Crippen LogP contribution >= 0.6 is 11.3 Å². The van der Waals surface area contributed by atoms with Crippen molar-refractivity contribution in [1.29, 1.82) is 0 Å². The number of hydrogen-bond donors (Lipinski definition) is 2. The van der Waals surface area contributed by atoms with E-state index in [4.69, 9.17) is 4.74 Å². The van der Waals surface area contributed by atoms with Crippen LogP contribution in [0.5, 0.6) is 0 Å². The Balaban J connectivity index is 1.51. The van der Waals surface area contributed by atoms with Crippen molar-refractivity contribution in [2.24, 2.45) is 23.2 Å². The van der Waals surface area contributed by atoms with Gasteiger partial charge in [0.25, 0.3) is 0 Å². The van der Waals surface area contributed by atoms with Crippen molar-refractivity contribution < 1.29 is 14.3 Å². The van der Waals surface area contributed by atoms with Crippen molar-refractivity contribution in [3.05, 3.63) is 16.0 Å². The van der Waals surface area contributed by atoms with Gasteiger partial charge in [0, 0.05) is 16.0 Å². The van der Waals surface area contributed by atoms with E-state index >= 15 is 0 Å². The zero-order chi connectivity index (χ0) is 21.5. The van der Waals surface area contributed by atoms with E-state index in [0.29, 0.717) is 28.3 Å². The summed E-state index contributed by atoms with van der Waals surface area (Å²) < 4.78 is 5.16. The SMILES string of the molecule is COC(=O)c1c(NC(=O)C23CC4CC(CC(C4)C2)C3)sc2c1CC(C)(C)NC2(C)C. The Morgan fingerprint density at radius 1 is 1.03 bits per heavy atom. The van der Waals surface area contributed by atoms with Gasteiger partial charge in [0.05, 0.1) is 18.1 Å². The Morgan fingerprint density at radius 2 is 1.60 bits per heavy atom. The van der Waals surface area contributed by atoms with Crippen molar-refractivity contribution >= 4 is 28.2 Å². The van der Waals surface area contributed by atoms with E-state index in [2.05, 4.69) is 38.3 Å². The number of ether oxygens (including phenoxy) is 1. The number of esters is 1. The van der Waals surface area contributed by atoms with Crippen molar-refractivity contribution in [2.45, 2.75) is 83.7 Å². The largest absolute Gasteiger partial charge is 0.465 e. The molecule has 0 unspecified atom stereocenters. The average Bonchev–Trinajstić information content (AvgIpc) is 2.97. The molecule has 4 saturated carbocycles. The van der Waals surface area contributed by atoms with E-state index in [-0.39, 0.29) is 28.4 Å². The van der Waals surface area contributed by atoms with Gasteiger partial charge in [-0.25, -0.2) is 4.79 Å². The lowest BCUT2D eigenvalue weighted by atomic mass is 9.49. The Labute approximate surface area is 183 Å². The molecule has 4 aliphatic carbocycles. The fourth-order valence-corrected chi connectivity index (χ4v) is 8.82. The Hall–Kier alpha value is -1.40. The first-order valence-corrected chi connectivity index (χ1v) is 12.2. The molecular weight excluding hydrogens is 396 g/mol. The normalized spacial score (nSPS) is 35.0. The third-order valence-corrected chi connectivity index (χ3v) is 9.45. The highest BCUT2D eigenvalue weighted by molar-refractivity contribution is 7.17. The number of fused-ring (bicyclic) bond motifs is 1. The topological polar surface area (TPSA) is 67.4 Å². The maximum atomic E-state index is 13.7. The van der Waals surface area contributed by atoms with E-state index in [9.17, 15) is 9.59 Å². The van der Waals surface area contributed by atoms with Gasteiger partial charge in [-0.2, -0.15) is 0 Å². The summed E-state index contributed by atoms with van der Waals surface area (Å²) in [5.74, 6) is 1.92.